The van der Waals surface area contributed by atoms with Crippen LogP contribution in [-0.4, -0.2) is 44.2 Å². The van der Waals surface area contributed by atoms with Gasteiger partial charge in [0.2, 0.25) is 0 Å². The van der Waals surface area contributed by atoms with E-state index in [1.54, 1.807) is 0 Å². The molecule has 0 aliphatic carbocycles. The maximum Gasteiger partial charge on any atom is 0.315 e. The molecule has 1 unspecified atom stereocenters. The lowest BCUT2D eigenvalue weighted by Gasteiger charge is -2.35. The van der Waals surface area contributed by atoms with Crippen molar-refractivity contribution in [3.63, 3.8) is 0 Å². The molecule has 0 spiro atoms. The molecule has 1 heterocycles. The monoisotopic (exact) mass is 380 g/mol. The van der Waals surface area contributed by atoms with Gasteiger partial charge in [-0.2, -0.15) is 0 Å². The van der Waals surface area contributed by atoms with Crippen LogP contribution in [0.3, 0.4) is 0 Å². The second kappa shape index (κ2) is 9.60. The molecule has 2 aromatic rings. The van der Waals surface area contributed by atoms with E-state index in [1.165, 1.54) is 11.1 Å². The van der Waals surface area contributed by atoms with Crippen molar-refractivity contribution in [1.82, 2.24) is 15.5 Å². The van der Waals surface area contributed by atoms with Gasteiger partial charge in [0.05, 0.1) is 0 Å². The molecule has 0 saturated heterocycles. The summed E-state index contributed by atoms with van der Waals surface area (Å²) in [4.78, 5) is 16.8. The van der Waals surface area contributed by atoms with Gasteiger partial charge in [0.25, 0.3) is 0 Å². The zero-order valence-corrected chi connectivity index (χ0v) is 17.2. The summed E-state index contributed by atoms with van der Waals surface area (Å²) in [6, 6.07) is 17.2. The molecule has 0 aromatic heterocycles. The smallest absolute Gasteiger partial charge is 0.315 e. The van der Waals surface area contributed by atoms with E-state index in [-0.39, 0.29) is 6.03 Å². The van der Waals surface area contributed by atoms with Crippen LogP contribution in [-0.2, 0) is 19.5 Å². The number of rotatable bonds is 7. The lowest BCUT2D eigenvalue weighted by molar-refractivity contribution is 0.169. The van der Waals surface area contributed by atoms with Crippen molar-refractivity contribution < 1.29 is 4.79 Å². The Balaban J connectivity index is 1.45. The summed E-state index contributed by atoms with van der Waals surface area (Å²) < 4.78 is 0. The highest BCUT2D eigenvalue weighted by Gasteiger charge is 2.22. The third-order valence-electron chi connectivity index (χ3n) is 5.55. The van der Waals surface area contributed by atoms with E-state index in [1.807, 2.05) is 14.1 Å². The Morgan fingerprint density at radius 3 is 2.46 bits per heavy atom. The summed E-state index contributed by atoms with van der Waals surface area (Å²) in [7, 11) is 4.04. The Morgan fingerprint density at radius 1 is 1.07 bits per heavy atom. The molecule has 1 atom stereocenters. The predicted octanol–water partition coefficient (Wildman–Crippen LogP) is 3.39. The fourth-order valence-corrected chi connectivity index (χ4v) is 3.73. The van der Waals surface area contributed by atoms with Crippen molar-refractivity contribution in [3.05, 3.63) is 65.2 Å². The van der Waals surface area contributed by atoms with Crippen LogP contribution in [0.2, 0.25) is 0 Å². The Bertz CT molecular complexity index is 772. The maximum atomic E-state index is 12.2. The van der Waals surface area contributed by atoms with E-state index in [0.29, 0.717) is 19.1 Å². The summed E-state index contributed by atoms with van der Waals surface area (Å²) in [5.41, 5.74) is 5.12. The SMILES string of the molecule is CCC(CNC(=O)NCc1ccc(N(C)C)cc1)N1CCc2ccccc2C1. The second-order valence-corrected chi connectivity index (χ2v) is 7.68. The van der Waals surface area contributed by atoms with Gasteiger partial charge in [-0.3, -0.25) is 4.90 Å². The minimum absolute atomic E-state index is 0.104. The summed E-state index contributed by atoms with van der Waals surface area (Å²) in [5, 5.41) is 6.02. The average Bonchev–Trinajstić information content (AvgIpc) is 2.73. The fraction of sp³-hybridized carbons (Fsp3) is 0.435. The number of hydrogen-bond acceptors (Lipinski definition) is 3. The third-order valence-corrected chi connectivity index (χ3v) is 5.55. The molecule has 150 valence electrons. The van der Waals surface area contributed by atoms with Crippen molar-refractivity contribution in [2.45, 2.75) is 38.9 Å². The second-order valence-electron chi connectivity index (χ2n) is 7.68. The first-order valence-electron chi connectivity index (χ1n) is 10.2. The topological polar surface area (TPSA) is 47.6 Å². The van der Waals surface area contributed by atoms with Gasteiger partial charge in [0.1, 0.15) is 0 Å². The lowest BCUT2D eigenvalue weighted by atomic mass is 9.98. The van der Waals surface area contributed by atoms with E-state index in [9.17, 15) is 4.79 Å². The molecule has 0 saturated carbocycles. The predicted molar refractivity (Wildman–Crippen MR) is 116 cm³/mol. The molecule has 2 N–H and O–H groups in total. The summed E-state index contributed by atoms with van der Waals surface area (Å²) in [6.07, 6.45) is 2.11. The zero-order valence-electron chi connectivity index (χ0n) is 17.2. The van der Waals surface area contributed by atoms with Gasteiger partial charge in [-0.05, 0) is 41.7 Å². The van der Waals surface area contributed by atoms with Crippen molar-refractivity contribution in [2.75, 3.05) is 32.1 Å². The zero-order chi connectivity index (χ0) is 19.9. The summed E-state index contributed by atoms with van der Waals surface area (Å²) in [5.74, 6) is 0. The quantitative estimate of drug-likeness (QED) is 0.774. The standard InChI is InChI=1S/C23H32N4O/c1-4-21(27-14-13-19-7-5-6-8-20(19)17-27)16-25-23(28)24-15-18-9-11-22(12-10-18)26(2)3/h5-12,21H,4,13-17H2,1-3H3,(H2,24,25,28). The maximum absolute atomic E-state index is 12.2. The molecule has 3 rings (SSSR count). The van der Waals surface area contributed by atoms with E-state index in [2.05, 4.69) is 75.9 Å². The summed E-state index contributed by atoms with van der Waals surface area (Å²) in [6.45, 7) is 5.42. The summed E-state index contributed by atoms with van der Waals surface area (Å²) >= 11 is 0. The van der Waals surface area contributed by atoms with Gasteiger partial charge in [-0.25, -0.2) is 4.79 Å². The molecule has 5 heteroatoms. The van der Waals surface area contributed by atoms with Gasteiger partial charge in [0.15, 0.2) is 0 Å². The first-order chi connectivity index (χ1) is 13.6. The van der Waals surface area contributed by atoms with Crippen molar-refractivity contribution in [1.29, 1.82) is 0 Å². The first-order valence-corrected chi connectivity index (χ1v) is 10.2. The van der Waals surface area contributed by atoms with Crippen molar-refractivity contribution >= 4 is 11.7 Å². The Labute approximate surface area is 168 Å². The van der Waals surface area contributed by atoms with E-state index in [0.717, 1.165) is 37.2 Å². The van der Waals surface area contributed by atoms with Gasteiger partial charge in [0, 0.05) is 52.0 Å². The van der Waals surface area contributed by atoms with Gasteiger partial charge in [-0.1, -0.05) is 43.3 Å². The van der Waals surface area contributed by atoms with Gasteiger partial charge >= 0.3 is 6.03 Å². The van der Waals surface area contributed by atoms with Gasteiger partial charge < -0.3 is 15.5 Å². The highest BCUT2D eigenvalue weighted by molar-refractivity contribution is 5.73. The van der Waals surface area contributed by atoms with Crippen LogP contribution in [0.15, 0.2) is 48.5 Å². The van der Waals surface area contributed by atoms with Crippen LogP contribution < -0.4 is 15.5 Å². The van der Waals surface area contributed by atoms with Crippen molar-refractivity contribution in [3.8, 4) is 0 Å². The van der Waals surface area contributed by atoms with E-state index in [4.69, 9.17) is 0 Å². The largest absolute Gasteiger partial charge is 0.378 e. The van der Waals surface area contributed by atoms with Crippen LogP contribution in [0.5, 0.6) is 0 Å². The number of carbonyl (C=O) groups excluding carboxylic acids is 1. The molecule has 1 aliphatic heterocycles. The minimum atomic E-state index is -0.104. The number of fused-ring (bicyclic) bond motifs is 1. The molecular formula is C23H32N4O. The van der Waals surface area contributed by atoms with Crippen LogP contribution >= 0.6 is 0 Å². The molecular weight excluding hydrogens is 348 g/mol. The Morgan fingerprint density at radius 2 is 1.79 bits per heavy atom. The normalized spacial score (nSPS) is 14.8. The highest BCUT2D eigenvalue weighted by atomic mass is 16.2. The van der Waals surface area contributed by atoms with Crippen LogP contribution in [0.1, 0.15) is 30.0 Å². The molecule has 0 fully saturated rings. The number of anilines is 1. The number of hydrogen-bond donors (Lipinski definition) is 2. The van der Waals surface area contributed by atoms with Crippen LogP contribution in [0.4, 0.5) is 10.5 Å². The molecule has 5 nitrogen and oxygen atoms in total. The van der Waals surface area contributed by atoms with E-state index < -0.39 is 0 Å². The lowest BCUT2D eigenvalue weighted by Crippen LogP contribution is -2.47. The van der Waals surface area contributed by atoms with Crippen LogP contribution in [0.25, 0.3) is 0 Å². The molecule has 2 amide bonds. The number of amides is 2. The third kappa shape index (κ3) is 5.26. The average molecular weight is 381 g/mol. The molecule has 28 heavy (non-hydrogen) atoms. The first kappa shape index (κ1) is 20.2. The van der Waals surface area contributed by atoms with Crippen LogP contribution in [0, 0.1) is 0 Å². The number of nitrogens with zero attached hydrogens (tertiary/aromatic N) is 2. The number of nitrogens with one attached hydrogen (secondary N) is 2. The Kier molecular flexibility index (Phi) is 6.93. The molecule has 1 aliphatic rings. The van der Waals surface area contributed by atoms with Gasteiger partial charge in [-0.15, -0.1) is 0 Å². The Hall–Kier alpha value is -2.53. The minimum Gasteiger partial charge on any atom is -0.378 e. The molecule has 0 bridgehead atoms. The number of urea groups is 1. The fourth-order valence-electron chi connectivity index (χ4n) is 3.73. The molecule has 0 radical (unpaired) electrons. The number of benzene rings is 2. The highest BCUT2D eigenvalue weighted by Crippen LogP contribution is 2.21. The number of carbonyl (C=O) groups is 1. The van der Waals surface area contributed by atoms with E-state index >= 15 is 0 Å². The van der Waals surface area contributed by atoms with Crippen molar-refractivity contribution in [2.24, 2.45) is 0 Å². The molecule has 2 aromatic carbocycles.